The third-order valence-electron chi connectivity index (χ3n) is 4.48. The van der Waals surface area contributed by atoms with Gasteiger partial charge in [0.25, 0.3) is 0 Å². The highest BCUT2D eigenvalue weighted by Gasteiger charge is 2.36. The molecule has 2 amide bonds. The fourth-order valence-corrected chi connectivity index (χ4v) is 3.06. The predicted molar refractivity (Wildman–Crippen MR) is 98.0 cm³/mol. The molecule has 0 spiro atoms. The second-order valence-corrected chi connectivity index (χ2v) is 6.39. The molecule has 1 heterocycles. The molecule has 0 radical (unpaired) electrons. The summed E-state index contributed by atoms with van der Waals surface area (Å²) in [5.74, 6) is -2.45. The average molecular weight is 370 g/mol. The summed E-state index contributed by atoms with van der Waals surface area (Å²) in [6.07, 6.45) is -0.0282. The second kappa shape index (κ2) is 7.57. The summed E-state index contributed by atoms with van der Waals surface area (Å²) in [4.78, 5) is 38.0. The van der Waals surface area contributed by atoms with Gasteiger partial charge in [-0.1, -0.05) is 18.2 Å². The first kappa shape index (κ1) is 18.6. The molecule has 0 aromatic heterocycles. The number of benzene rings is 2. The summed E-state index contributed by atoms with van der Waals surface area (Å²) in [5.41, 5.74) is 1.44. The van der Waals surface area contributed by atoms with E-state index in [2.05, 4.69) is 5.32 Å². The minimum Gasteiger partial charge on any atom is -0.465 e. The van der Waals surface area contributed by atoms with Crippen molar-refractivity contribution in [1.82, 2.24) is 0 Å². The summed E-state index contributed by atoms with van der Waals surface area (Å²) in [7, 11) is 1.25. The van der Waals surface area contributed by atoms with Crippen molar-refractivity contribution in [1.29, 1.82) is 0 Å². The number of ether oxygens (including phenoxy) is 1. The second-order valence-electron chi connectivity index (χ2n) is 6.39. The van der Waals surface area contributed by atoms with E-state index in [9.17, 15) is 18.8 Å². The fourth-order valence-electron chi connectivity index (χ4n) is 3.06. The van der Waals surface area contributed by atoms with Crippen LogP contribution in [0.5, 0.6) is 0 Å². The number of carbonyl (C=O) groups is 3. The third kappa shape index (κ3) is 3.81. The molecule has 1 unspecified atom stereocenters. The summed E-state index contributed by atoms with van der Waals surface area (Å²) >= 11 is 0. The quantitative estimate of drug-likeness (QED) is 0.840. The highest BCUT2D eigenvalue weighted by atomic mass is 19.1. The number of nitrogens with one attached hydrogen (secondary N) is 1. The van der Waals surface area contributed by atoms with E-state index >= 15 is 0 Å². The molecule has 2 aromatic carbocycles. The number of para-hydroxylation sites is 1. The Kier molecular flexibility index (Phi) is 5.21. The maximum Gasteiger partial charge on any atom is 0.339 e. The zero-order chi connectivity index (χ0) is 19.6. The summed E-state index contributed by atoms with van der Waals surface area (Å²) in [6.45, 7) is 1.83. The number of hydrogen-bond acceptors (Lipinski definition) is 4. The first-order chi connectivity index (χ1) is 12.9. The van der Waals surface area contributed by atoms with Crippen molar-refractivity contribution in [2.75, 3.05) is 23.9 Å². The molecule has 1 saturated heterocycles. The molecular formula is C20H19FN2O4. The van der Waals surface area contributed by atoms with E-state index in [1.807, 2.05) is 0 Å². The van der Waals surface area contributed by atoms with Gasteiger partial charge in [-0.15, -0.1) is 0 Å². The molecule has 1 aliphatic rings. The first-order valence-electron chi connectivity index (χ1n) is 8.45. The number of carbonyl (C=O) groups excluding carboxylic acids is 3. The molecule has 0 saturated carbocycles. The van der Waals surface area contributed by atoms with Gasteiger partial charge in [-0.2, -0.15) is 0 Å². The normalized spacial score (nSPS) is 16.3. The van der Waals surface area contributed by atoms with E-state index in [4.69, 9.17) is 4.74 Å². The van der Waals surface area contributed by atoms with Crippen LogP contribution in [0.25, 0.3) is 0 Å². The first-order valence-corrected chi connectivity index (χ1v) is 8.45. The molecule has 3 rings (SSSR count). The molecule has 0 aliphatic carbocycles. The molecule has 1 N–H and O–H groups in total. The fraction of sp³-hybridized carbons (Fsp3) is 0.250. The van der Waals surface area contributed by atoms with Crippen LogP contribution in [0.1, 0.15) is 22.3 Å². The van der Waals surface area contributed by atoms with Crippen molar-refractivity contribution in [3.8, 4) is 0 Å². The number of amides is 2. The highest BCUT2D eigenvalue weighted by Crippen LogP contribution is 2.29. The zero-order valence-corrected chi connectivity index (χ0v) is 15.0. The van der Waals surface area contributed by atoms with Gasteiger partial charge in [0.1, 0.15) is 5.82 Å². The Hall–Kier alpha value is -3.22. The molecule has 0 bridgehead atoms. The van der Waals surface area contributed by atoms with E-state index in [0.29, 0.717) is 5.69 Å². The topological polar surface area (TPSA) is 75.7 Å². The number of methoxy groups -OCH3 is 1. The van der Waals surface area contributed by atoms with Gasteiger partial charge in [-0.25, -0.2) is 9.18 Å². The number of aryl methyl sites for hydroxylation is 1. The molecule has 6 nitrogen and oxygen atoms in total. The maximum absolute atomic E-state index is 14.2. The van der Waals surface area contributed by atoms with Crippen molar-refractivity contribution in [3.05, 3.63) is 59.4 Å². The molecule has 27 heavy (non-hydrogen) atoms. The Labute approximate surface area is 155 Å². The van der Waals surface area contributed by atoms with Crippen LogP contribution in [0.15, 0.2) is 42.5 Å². The van der Waals surface area contributed by atoms with Crippen molar-refractivity contribution >= 4 is 29.2 Å². The van der Waals surface area contributed by atoms with E-state index in [1.165, 1.54) is 30.2 Å². The minimum atomic E-state index is -0.649. The lowest BCUT2D eigenvalue weighted by molar-refractivity contribution is -0.122. The Morgan fingerprint density at radius 1 is 1.22 bits per heavy atom. The van der Waals surface area contributed by atoms with Gasteiger partial charge >= 0.3 is 5.97 Å². The summed E-state index contributed by atoms with van der Waals surface area (Å²) < 4.78 is 18.9. The Balaban J connectivity index is 1.76. The van der Waals surface area contributed by atoms with E-state index in [1.54, 1.807) is 31.2 Å². The van der Waals surface area contributed by atoms with Crippen molar-refractivity contribution in [2.24, 2.45) is 5.92 Å². The molecule has 1 aliphatic heterocycles. The number of halogens is 1. The van der Waals surface area contributed by atoms with Gasteiger partial charge in [0.05, 0.1) is 30.0 Å². The van der Waals surface area contributed by atoms with Crippen LogP contribution in [0, 0.1) is 18.7 Å². The number of rotatable bonds is 4. The number of anilines is 2. The lowest BCUT2D eigenvalue weighted by Crippen LogP contribution is -2.29. The van der Waals surface area contributed by atoms with Gasteiger partial charge in [0, 0.05) is 13.0 Å². The molecule has 2 aromatic rings. The number of nitrogens with zero attached hydrogens (tertiary/aromatic N) is 1. The van der Waals surface area contributed by atoms with Crippen LogP contribution in [0.4, 0.5) is 15.8 Å². The largest absolute Gasteiger partial charge is 0.465 e. The van der Waals surface area contributed by atoms with Crippen LogP contribution in [0.2, 0.25) is 0 Å². The monoisotopic (exact) mass is 370 g/mol. The number of hydrogen-bond donors (Lipinski definition) is 1. The van der Waals surface area contributed by atoms with Crippen LogP contribution in [-0.2, 0) is 14.3 Å². The van der Waals surface area contributed by atoms with E-state index in [-0.39, 0.29) is 30.1 Å². The maximum atomic E-state index is 14.2. The smallest absolute Gasteiger partial charge is 0.339 e. The summed E-state index contributed by atoms with van der Waals surface area (Å²) in [6, 6.07) is 11.1. The third-order valence-corrected chi connectivity index (χ3v) is 4.48. The number of esters is 1. The molecule has 1 fully saturated rings. The van der Waals surface area contributed by atoms with Gasteiger partial charge in [-0.3, -0.25) is 9.59 Å². The Morgan fingerprint density at radius 3 is 2.67 bits per heavy atom. The zero-order valence-electron chi connectivity index (χ0n) is 15.0. The Bertz CT molecular complexity index is 913. The average Bonchev–Trinajstić information content (AvgIpc) is 3.03. The standard InChI is InChI=1S/C20H19FN2O4/c1-12-7-8-17(15(21)9-12)23-11-13(10-18(23)24)19(25)22-16-6-4-3-5-14(16)20(26)27-2/h3-9,13H,10-11H2,1-2H3,(H,22,25). The summed E-state index contributed by atoms with van der Waals surface area (Å²) in [5, 5.41) is 2.67. The van der Waals surface area contributed by atoms with E-state index < -0.39 is 23.6 Å². The lowest BCUT2D eigenvalue weighted by atomic mass is 10.1. The predicted octanol–water partition coefficient (Wildman–Crippen LogP) is 2.91. The minimum absolute atomic E-state index is 0.0282. The molecule has 1 atom stereocenters. The van der Waals surface area contributed by atoms with Crippen molar-refractivity contribution in [3.63, 3.8) is 0 Å². The van der Waals surface area contributed by atoms with Gasteiger partial charge in [0.2, 0.25) is 11.8 Å². The van der Waals surface area contributed by atoms with Crippen LogP contribution < -0.4 is 10.2 Å². The highest BCUT2D eigenvalue weighted by molar-refractivity contribution is 6.06. The molecule has 7 heteroatoms. The lowest BCUT2D eigenvalue weighted by Gasteiger charge is -2.18. The van der Waals surface area contributed by atoms with Gasteiger partial charge in [-0.05, 0) is 36.8 Å². The van der Waals surface area contributed by atoms with Crippen molar-refractivity contribution in [2.45, 2.75) is 13.3 Å². The SMILES string of the molecule is COC(=O)c1ccccc1NC(=O)C1CC(=O)N(c2ccc(C)cc2F)C1. The van der Waals surface area contributed by atoms with Crippen LogP contribution in [0.3, 0.4) is 0 Å². The van der Waals surface area contributed by atoms with Crippen LogP contribution in [-0.4, -0.2) is 31.4 Å². The van der Waals surface area contributed by atoms with Crippen molar-refractivity contribution < 1.29 is 23.5 Å². The Morgan fingerprint density at radius 2 is 1.96 bits per heavy atom. The van der Waals surface area contributed by atoms with Gasteiger partial charge in [0.15, 0.2) is 0 Å². The van der Waals surface area contributed by atoms with Gasteiger partial charge < -0.3 is 15.0 Å². The van der Waals surface area contributed by atoms with Crippen LogP contribution >= 0.6 is 0 Å². The molecule has 140 valence electrons. The van der Waals surface area contributed by atoms with E-state index in [0.717, 1.165) is 5.56 Å². The molecular weight excluding hydrogens is 351 g/mol.